The maximum absolute atomic E-state index is 12.7. The molecule has 1 saturated carbocycles. The molecule has 8 heteroatoms. The number of ether oxygens (including phenoxy) is 2. The van der Waals surface area contributed by atoms with E-state index in [9.17, 15) is 14.4 Å². The van der Waals surface area contributed by atoms with E-state index in [1.165, 1.54) is 7.11 Å². The van der Waals surface area contributed by atoms with Crippen LogP contribution in [-0.2, 0) is 19.1 Å². The Kier molecular flexibility index (Phi) is 5.32. The monoisotopic (exact) mass is 382 g/mol. The summed E-state index contributed by atoms with van der Waals surface area (Å²) in [6.45, 7) is 8.04. The van der Waals surface area contributed by atoms with Crippen LogP contribution in [0.3, 0.4) is 0 Å². The lowest BCUT2D eigenvalue weighted by Gasteiger charge is -2.32. The molecule has 3 rings (SSSR count). The summed E-state index contributed by atoms with van der Waals surface area (Å²) in [5, 5.41) is 0. The summed E-state index contributed by atoms with van der Waals surface area (Å²) in [4.78, 5) is 40.9. The van der Waals surface area contributed by atoms with Crippen LogP contribution in [0.15, 0.2) is 0 Å². The highest BCUT2D eigenvalue weighted by Crippen LogP contribution is 2.41. The van der Waals surface area contributed by atoms with Gasteiger partial charge in [0.2, 0.25) is 5.91 Å². The van der Waals surface area contributed by atoms with E-state index >= 15 is 0 Å². The summed E-state index contributed by atoms with van der Waals surface area (Å²) in [5.74, 6) is -0.366. The van der Waals surface area contributed by atoms with E-state index in [2.05, 4.69) is 19.6 Å². The van der Waals surface area contributed by atoms with E-state index in [1.54, 1.807) is 9.80 Å². The average molecular weight is 383 g/mol. The molecule has 0 radical (unpaired) electrons. The van der Waals surface area contributed by atoms with Crippen molar-refractivity contribution < 1.29 is 23.9 Å². The summed E-state index contributed by atoms with van der Waals surface area (Å²) >= 11 is 0. The second kappa shape index (κ2) is 7.21. The Bertz CT molecular complexity index is 587. The number of piperidine rings is 1. The van der Waals surface area contributed by atoms with E-state index in [0.717, 1.165) is 25.3 Å². The smallest absolute Gasteiger partial charge is 0.409 e. The molecule has 3 aliphatic rings. The molecule has 2 heterocycles. The molecule has 2 bridgehead atoms. The molecule has 0 aromatic heterocycles. The number of amides is 2. The zero-order valence-electron chi connectivity index (χ0n) is 16.2. The van der Waals surface area contributed by atoms with E-state index in [4.69, 9.17) is 9.47 Å². The molecule has 26 heavy (non-hydrogen) atoms. The van der Waals surface area contributed by atoms with Crippen molar-refractivity contribution in [2.45, 2.75) is 57.0 Å². The second-order valence-electron chi connectivity index (χ2n) is 8.97. The SMILES string of the molecule is COC(=O)[C@H]1[C@H]2C[C@H](CN(C(=O)OCC[Si](C)(C)C)C2)N1C(=O)C1CC1. The van der Waals surface area contributed by atoms with E-state index in [0.29, 0.717) is 19.7 Å². The Morgan fingerprint density at radius 3 is 2.38 bits per heavy atom. The number of hydrogen-bond donors (Lipinski definition) is 0. The maximum Gasteiger partial charge on any atom is 0.409 e. The van der Waals surface area contributed by atoms with Crippen LogP contribution in [0.5, 0.6) is 0 Å². The van der Waals surface area contributed by atoms with E-state index < -0.39 is 14.1 Å². The van der Waals surface area contributed by atoms with Crippen molar-refractivity contribution in [1.29, 1.82) is 0 Å². The van der Waals surface area contributed by atoms with Crippen molar-refractivity contribution in [3.63, 3.8) is 0 Å². The highest BCUT2D eigenvalue weighted by molar-refractivity contribution is 6.76. The van der Waals surface area contributed by atoms with Crippen molar-refractivity contribution in [2.75, 3.05) is 26.8 Å². The number of esters is 1. The first-order valence-electron chi connectivity index (χ1n) is 9.53. The Labute approximate surface area is 156 Å². The van der Waals surface area contributed by atoms with Gasteiger partial charge in [-0.1, -0.05) is 19.6 Å². The van der Waals surface area contributed by atoms with E-state index in [-0.39, 0.29) is 35.8 Å². The van der Waals surface area contributed by atoms with Crippen LogP contribution >= 0.6 is 0 Å². The van der Waals surface area contributed by atoms with Gasteiger partial charge in [-0.2, -0.15) is 0 Å². The molecule has 0 unspecified atom stereocenters. The minimum absolute atomic E-state index is 0.0404. The summed E-state index contributed by atoms with van der Waals surface area (Å²) in [6.07, 6.45) is 2.20. The number of hydrogen-bond acceptors (Lipinski definition) is 5. The topological polar surface area (TPSA) is 76.2 Å². The van der Waals surface area contributed by atoms with Gasteiger partial charge in [0.25, 0.3) is 0 Å². The molecule has 3 atom stereocenters. The first-order chi connectivity index (χ1) is 12.2. The van der Waals surface area contributed by atoms with Crippen LogP contribution in [0, 0.1) is 11.8 Å². The Hall–Kier alpha value is -1.57. The van der Waals surface area contributed by atoms with Crippen molar-refractivity contribution in [3.05, 3.63) is 0 Å². The van der Waals surface area contributed by atoms with Gasteiger partial charge in [-0.3, -0.25) is 4.79 Å². The summed E-state index contributed by atoms with van der Waals surface area (Å²) < 4.78 is 10.4. The third-order valence-corrected chi connectivity index (χ3v) is 7.26. The van der Waals surface area contributed by atoms with Gasteiger partial charge in [0.05, 0.1) is 19.8 Å². The standard InChI is InChI=1S/C18H30N2O5Si/c1-24-17(22)15-13-9-14(20(15)16(21)12-5-6-12)11-19(10-13)18(23)25-7-8-26(2,3)4/h12-15H,5-11H2,1-4H3/t13-,14+,15+/m0/s1. The molecule has 3 fully saturated rings. The number of rotatable bonds is 5. The molecular weight excluding hydrogens is 352 g/mol. The van der Waals surface area contributed by atoms with Gasteiger partial charge < -0.3 is 19.3 Å². The van der Waals surface area contributed by atoms with Gasteiger partial charge in [0, 0.05) is 33.0 Å². The average Bonchev–Trinajstić information content (AvgIpc) is 3.38. The fourth-order valence-corrected chi connectivity index (χ4v) is 4.68. The Morgan fingerprint density at radius 2 is 1.81 bits per heavy atom. The van der Waals surface area contributed by atoms with Crippen LogP contribution in [0.25, 0.3) is 0 Å². The molecule has 0 aromatic rings. The lowest BCUT2D eigenvalue weighted by atomic mass is 9.95. The van der Waals surface area contributed by atoms with Crippen molar-refractivity contribution >= 4 is 26.0 Å². The van der Waals surface area contributed by atoms with Crippen LogP contribution < -0.4 is 0 Å². The molecule has 7 nitrogen and oxygen atoms in total. The molecule has 2 amide bonds. The quantitative estimate of drug-likeness (QED) is 0.536. The van der Waals surface area contributed by atoms with Gasteiger partial charge in [-0.25, -0.2) is 9.59 Å². The van der Waals surface area contributed by atoms with E-state index in [1.807, 2.05) is 0 Å². The predicted octanol–water partition coefficient (Wildman–Crippen LogP) is 1.95. The number of likely N-dealkylation sites (tertiary alicyclic amines) is 2. The van der Waals surface area contributed by atoms with Gasteiger partial charge in [0.15, 0.2) is 0 Å². The van der Waals surface area contributed by atoms with Crippen molar-refractivity contribution in [3.8, 4) is 0 Å². The summed E-state index contributed by atoms with van der Waals surface area (Å²) in [5.41, 5.74) is 0. The molecule has 0 spiro atoms. The Morgan fingerprint density at radius 1 is 1.12 bits per heavy atom. The van der Waals surface area contributed by atoms with Gasteiger partial charge in [-0.05, 0) is 25.3 Å². The highest BCUT2D eigenvalue weighted by Gasteiger charge is 2.54. The number of methoxy groups -OCH3 is 1. The number of carbonyl (C=O) groups is 3. The summed E-state index contributed by atoms with van der Waals surface area (Å²) in [7, 11) is 0.0935. The minimum atomic E-state index is -1.26. The molecule has 2 aliphatic heterocycles. The zero-order valence-corrected chi connectivity index (χ0v) is 17.2. The van der Waals surface area contributed by atoms with Gasteiger partial charge >= 0.3 is 12.1 Å². The molecule has 0 N–H and O–H groups in total. The molecule has 0 aromatic carbocycles. The summed E-state index contributed by atoms with van der Waals surface area (Å²) in [6, 6.07) is 0.240. The lowest BCUT2D eigenvalue weighted by molar-refractivity contribution is -0.153. The molecule has 2 saturated heterocycles. The predicted molar refractivity (Wildman–Crippen MR) is 98.3 cm³/mol. The number of carbonyl (C=O) groups excluding carboxylic acids is 3. The van der Waals surface area contributed by atoms with Crippen LogP contribution in [0.1, 0.15) is 19.3 Å². The van der Waals surface area contributed by atoms with Crippen LogP contribution in [0.2, 0.25) is 25.7 Å². The van der Waals surface area contributed by atoms with Crippen LogP contribution in [-0.4, -0.2) is 74.7 Å². The Balaban J connectivity index is 1.67. The molecule has 146 valence electrons. The second-order valence-corrected chi connectivity index (χ2v) is 14.6. The number of nitrogens with zero attached hydrogens (tertiary/aromatic N) is 2. The normalized spacial score (nSPS) is 28.1. The van der Waals surface area contributed by atoms with Crippen molar-refractivity contribution in [1.82, 2.24) is 9.80 Å². The highest BCUT2D eigenvalue weighted by atomic mass is 28.3. The van der Waals surface area contributed by atoms with Gasteiger partial charge in [0.1, 0.15) is 6.04 Å². The third-order valence-electron chi connectivity index (χ3n) is 5.56. The molecular formula is C18H30N2O5Si. The maximum atomic E-state index is 12.7. The lowest BCUT2D eigenvalue weighted by Crippen LogP contribution is -2.48. The first-order valence-corrected chi connectivity index (χ1v) is 13.2. The zero-order chi connectivity index (χ0) is 19.1. The fourth-order valence-electron chi connectivity index (χ4n) is 3.96. The molecule has 1 aliphatic carbocycles. The third kappa shape index (κ3) is 4.05. The van der Waals surface area contributed by atoms with Gasteiger partial charge in [-0.15, -0.1) is 0 Å². The fraction of sp³-hybridized carbons (Fsp3) is 0.833. The van der Waals surface area contributed by atoms with Crippen molar-refractivity contribution in [2.24, 2.45) is 11.8 Å². The minimum Gasteiger partial charge on any atom is -0.467 e. The first kappa shape index (κ1) is 19.2. The number of fused-ring (bicyclic) bond motifs is 2. The van der Waals surface area contributed by atoms with Crippen LogP contribution in [0.4, 0.5) is 4.79 Å². The largest absolute Gasteiger partial charge is 0.467 e.